The molecule has 0 saturated carbocycles. The number of rotatable bonds is 1. The quantitative estimate of drug-likeness (QED) is 0.592. The van der Waals surface area contributed by atoms with E-state index in [1.165, 1.54) is 6.92 Å². The van der Waals surface area contributed by atoms with Crippen molar-refractivity contribution >= 4 is 0 Å². The van der Waals surface area contributed by atoms with E-state index in [0.29, 0.717) is 0 Å². The summed E-state index contributed by atoms with van der Waals surface area (Å²) in [5.41, 5.74) is -0.192. The average Bonchev–Trinajstić information content (AvgIpc) is 2.00. The first-order valence-corrected chi connectivity index (χ1v) is 3.20. The Labute approximate surface area is 67.7 Å². The predicted octanol–water partition coefficient (Wildman–Crippen LogP) is 1.13. The van der Waals surface area contributed by atoms with Gasteiger partial charge in [0.2, 0.25) is 5.82 Å². The Balaban J connectivity index is 3.20. The van der Waals surface area contributed by atoms with E-state index in [-0.39, 0.29) is 17.9 Å². The van der Waals surface area contributed by atoms with Gasteiger partial charge in [-0.2, -0.15) is 14.0 Å². The van der Waals surface area contributed by atoms with Gasteiger partial charge in [0.15, 0.2) is 0 Å². The first-order valence-electron chi connectivity index (χ1n) is 3.20. The Hall–Kier alpha value is -1.57. The summed E-state index contributed by atoms with van der Waals surface area (Å²) < 4.78 is 25.2. The van der Waals surface area contributed by atoms with Crippen LogP contribution in [0.2, 0.25) is 0 Å². The van der Waals surface area contributed by atoms with Gasteiger partial charge in [0, 0.05) is 0 Å². The van der Waals surface area contributed by atoms with Crippen LogP contribution in [0.3, 0.4) is 0 Å². The fourth-order valence-electron chi connectivity index (χ4n) is 0.772. The van der Waals surface area contributed by atoms with E-state index in [1.807, 2.05) is 0 Å². The SMILES string of the molecule is Cc1nc(F)c(F)c(CC#N)n1. The van der Waals surface area contributed by atoms with Crippen molar-refractivity contribution in [1.29, 1.82) is 5.26 Å². The molecule has 0 aliphatic rings. The smallest absolute Gasteiger partial charge is 0.234 e. The molecule has 0 atom stereocenters. The second-order valence-electron chi connectivity index (χ2n) is 2.16. The zero-order valence-electron chi connectivity index (χ0n) is 6.30. The van der Waals surface area contributed by atoms with Crippen LogP contribution in [0.25, 0.3) is 0 Å². The molecule has 0 fully saturated rings. The third kappa shape index (κ3) is 1.53. The topological polar surface area (TPSA) is 49.6 Å². The molecule has 0 radical (unpaired) electrons. The second kappa shape index (κ2) is 3.22. The van der Waals surface area contributed by atoms with Crippen molar-refractivity contribution in [3.8, 4) is 6.07 Å². The van der Waals surface area contributed by atoms with Gasteiger partial charge in [-0.25, -0.2) is 9.97 Å². The summed E-state index contributed by atoms with van der Waals surface area (Å²) in [6, 6.07) is 1.68. The van der Waals surface area contributed by atoms with E-state index in [2.05, 4.69) is 9.97 Å². The third-order valence-electron chi connectivity index (χ3n) is 1.24. The molecule has 0 amide bonds. The molecule has 0 aromatic carbocycles. The Morgan fingerprint density at radius 2 is 2.08 bits per heavy atom. The van der Waals surface area contributed by atoms with Crippen LogP contribution in [0.1, 0.15) is 11.5 Å². The third-order valence-corrected chi connectivity index (χ3v) is 1.24. The normalized spacial score (nSPS) is 9.50. The van der Waals surface area contributed by atoms with Crippen LogP contribution in [-0.4, -0.2) is 9.97 Å². The van der Waals surface area contributed by atoms with Crippen LogP contribution in [0.5, 0.6) is 0 Å². The predicted molar refractivity (Wildman–Crippen MR) is 36.0 cm³/mol. The lowest BCUT2D eigenvalue weighted by atomic mass is 10.3. The van der Waals surface area contributed by atoms with Crippen molar-refractivity contribution in [1.82, 2.24) is 9.97 Å². The van der Waals surface area contributed by atoms with Gasteiger partial charge in [0.05, 0.1) is 18.2 Å². The van der Waals surface area contributed by atoms with Crippen molar-refractivity contribution in [2.75, 3.05) is 0 Å². The van der Waals surface area contributed by atoms with Crippen molar-refractivity contribution in [2.24, 2.45) is 0 Å². The summed E-state index contributed by atoms with van der Waals surface area (Å²) in [6.07, 6.45) is -0.244. The number of aromatic nitrogens is 2. The summed E-state index contributed by atoms with van der Waals surface area (Å²) >= 11 is 0. The van der Waals surface area contributed by atoms with E-state index < -0.39 is 11.8 Å². The number of hydrogen-bond acceptors (Lipinski definition) is 3. The number of hydrogen-bond donors (Lipinski definition) is 0. The summed E-state index contributed by atoms with van der Waals surface area (Å²) in [7, 11) is 0. The van der Waals surface area contributed by atoms with Crippen LogP contribution in [0.15, 0.2) is 0 Å². The van der Waals surface area contributed by atoms with Crippen LogP contribution in [0, 0.1) is 30.0 Å². The van der Waals surface area contributed by atoms with Gasteiger partial charge in [-0.1, -0.05) is 0 Å². The monoisotopic (exact) mass is 169 g/mol. The molecule has 1 rings (SSSR count). The van der Waals surface area contributed by atoms with E-state index in [9.17, 15) is 8.78 Å². The maximum absolute atomic E-state index is 12.7. The summed E-state index contributed by atoms with van der Waals surface area (Å²) in [4.78, 5) is 6.73. The zero-order chi connectivity index (χ0) is 9.14. The lowest BCUT2D eigenvalue weighted by Crippen LogP contribution is -2.03. The Bertz CT molecular complexity index is 343. The van der Waals surface area contributed by atoms with E-state index in [4.69, 9.17) is 5.26 Å². The minimum atomic E-state index is -1.20. The zero-order valence-corrected chi connectivity index (χ0v) is 6.30. The maximum atomic E-state index is 12.7. The van der Waals surface area contributed by atoms with E-state index >= 15 is 0 Å². The molecule has 0 bridgehead atoms. The highest BCUT2D eigenvalue weighted by molar-refractivity contribution is 5.10. The van der Waals surface area contributed by atoms with Crippen LogP contribution >= 0.6 is 0 Å². The molecule has 3 nitrogen and oxygen atoms in total. The first-order chi connectivity index (χ1) is 5.65. The second-order valence-corrected chi connectivity index (χ2v) is 2.16. The number of nitrogens with zero attached hydrogens (tertiary/aromatic N) is 3. The largest absolute Gasteiger partial charge is 0.252 e. The molecule has 0 spiro atoms. The van der Waals surface area contributed by atoms with Gasteiger partial charge >= 0.3 is 0 Å². The molecule has 0 aliphatic carbocycles. The van der Waals surface area contributed by atoms with E-state index in [0.717, 1.165) is 0 Å². The van der Waals surface area contributed by atoms with E-state index in [1.54, 1.807) is 6.07 Å². The Morgan fingerprint density at radius 1 is 1.42 bits per heavy atom. The molecule has 12 heavy (non-hydrogen) atoms. The molecule has 0 N–H and O–H groups in total. The number of nitriles is 1. The Morgan fingerprint density at radius 3 is 2.67 bits per heavy atom. The van der Waals surface area contributed by atoms with Crippen molar-refractivity contribution < 1.29 is 8.78 Å². The molecule has 0 aliphatic heterocycles. The van der Waals surface area contributed by atoms with Crippen molar-refractivity contribution in [3.63, 3.8) is 0 Å². The molecular formula is C7H5F2N3. The lowest BCUT2D eigenvalue weighted by Gasteiger charge is -1.98. The number of halogens is 2. The lowest BCUT2D eigenvalue weighted by molar-refractivity contribution is 0.461. The minimum Gasteiger partial charge on any atom is -0.234 e. The summed E-state index contributed by atoms with van der Waals surface area (Å²) in [5.74, 6) is -2.21. The van der Waals surface area contributed by atoms with Gasteiger partial charge in [-0.15, -0.1) is 0 Å². The van der Waals surface area contributed by atoms with Gasteiger partial charge < -0.3 is 0 Å². The molecule has 1 heterocycles. The summed E-state index contributed by atoms with van der Waals surface area (Å²) in [6.45, 7) is 1.43. The highest BCUT2D eigenvalue weighted by Crippen LogP contribution is 2.07. The van der Waals surface area contributed by atoms with Crippen LogP contribution in [-0.2, 0) is 6.42 Å². The van der Waals surface area contributed by atoms with Crippen LogP contribution < -0.4 is 0 Å². The highest BCUT2D eigenvalue weighted by Gasteiger charge is 2.11. The van der Waals surface area contributed by atoms with Crippen LogP contribution in [0.4, 0.5) is 8.78 Å². The molecular weight excluding hydrogens is 164 g/mol. The standard InChI is InChI=1S/C7H5F2N3/c1-4-11-5(2-3-10)6(8)7(9)12-4/h2H2,1H3. The molecule has 0 saturated heterocycles. The maximum Gasteiger partial charge on any atom is 0.252 e. The minimum absolute atomic E-state index is 0.124. The molecule has 1 aromatic rings. The Kier molecular flexibility index (Phi) is 2.29. The molecule has 5 heteroatoms. The van der Waals surface area contributed by atoms with Crippen molar-refractivity contribution in [2.45, 2.75) is 13.3 Å². The van der Waals surface area contributed by atoms with Gasteiger partial charge in [-0.3, -0.25) is 0 Å². The first kappa shape index (κ1) is 8.53. The molecule has 62 valence electrons. The van der Waals surface area contributed by atoms with Gasteiger partial charge in [0.25, 0.3) is 5.95 Å². The van der Waals surface area contributed by atoms with Gasteiger partial charge in [0.1, 0.15) is 5.82 Å². The highest BCUT2D eigenvalue weighted by atomic mass is 19.2. The molecule has 0 unspecified atom stereocenters. The summed E-state index contributed by atoms with van der Waals surface area (Å²) in [5, 5.41) is 8.23. The fraction of sp³-hybridized carbons (Fsp3) is 0.286. The van der Waals surface area contributed by atoms with Gasteiger partial charge in [-0.05, 0) is 6.92 Å². The van der Waals surface area contributed by atoms with Crippen molar-refractivity contribution in [3.05, 3.63) is 23.3 Å². The average molecular weight is 169 g/mol. The molecule has 1 aromatic heterocycles. The fourth-order valence-corrected chi connectivity index (χ4v) is 0.772. The number of aryl methyl sites for hydroxylation is 1.